The third-order valence-corrected chi connectivity index (χ3v) is 4.86. The summed E-state index contributed by atoms with van der Waals surface area (Å²) >= 11 is 0. The fourth-order valence-electron chi connectivity index (χ4n) is 3.15. The van der Waals surface area contributed by atoms with Crippen molar-refractivity contribution in [1.29, 1.82) is 0 Å². The molecule has 0 aromatic rings. The number of nitrogens with zero attached hydrogens (tertiary/aromatic N) is 2. The van der Waals surface area contributed by atoms with Crippen LogP contribution in [-0.4, -0.2) is 89.9 Å². The van der Waals surface area contributed by atoms with Crippen molar-refractivity contribution in [2.45, 2.75) is 76.3 Å². The fraction of sp³-hybridized carbons (Fsp3) is 0.944. The zero-order valence-electron chi connectivity index (χ0n) is 16.2. The van der Waals surface area contributed by atoms with Gasteiger partial charge in [-0.1, -0.05) is 39.0 Å². The number of hydrogen-bond acceptors (Lipinski definition) is 7. The standard InChI is InChI=1S/C18H35N3O6/c1-2-3-4-5-6-7-8-25-18-26-12-13(27-18)9-20-17(19)21-10-14(22)16(24)15(23)11-21/h13-16,18,22-24H,2-12H2,1H3,(H2,19,20)/t13?,14-,15+,16?,18?. The van der Waals surface area contributed by atoms with E-state index < -0.39 is 24.8 Å². The number of likely N-dealkylation sites (tertiary alicyclic amines) is 1. The van der Waals surface area contributed by atoms with Crippen molar-refractivity contribution in [3.63, 3.8) is 0 Å². The Morgan fingerprint density at radius 1 is 1.11 bits per heavy atom. The van der Waals surface area contributed by atoms with Gasteiger partial charge in [0.1, 0.15) is 24.4 Å². The quantitative estimate of drug-likeness (QED) is 0.229. The molecular formula is C18H35N3O6. The maximum atomic E-state index is 9.72. The molecule has 158 valence electrons. The second kappa shape index (κ2) is 11.8. The molecule has 0 aromatic carbocycles. The second-order valence-corrected chi connectivity index (χ2v) is 7.25. The van der Waals surface area contributed by atoms with Gasteiger partial charge in [-0.05, 0) is 6.42 Å². The van der Waals surface area contributed by atoms with Crippen LogP contribution in [0.1, 0.15) is 45.4 Å². The van der Waals surface area contributed by atoms with E-state index in [1.807, 2.05) is 0 Å². The molecule has 3 unspecified atom stereocenters. The highest BCUT2D eigenvalue weighted by Crippen LogP contribution is 2.15. The lowest BCUT2D eigenvalue weighted by Gasteiger charge is -2.37. The Hall–Kier alpha value is -0.970. The highest BCUT2D eigenvalue weighted by atomic mass is 16.9. The molecule has 2 fully saturated rings. The molecule has 2 aliphatic heterocycles. The van der Waals surface area contributed by atoms with Gasteiger partial charge in [-0.25, -0.2) is 0 Å². The van der Waals surface area contributed by atoms with Gasteiger partial charge in [-0.3, -0.25) is 4.99 Å². The van der Waals surface area contributed by atoms with E-state index in [1.165, 1.54) is 25.7 Å². The minimum atomic E-state index is -1.16. The molecule has 2 rings (SSSR count). The van der Waals surface area contributed by atoms with E-state index in [9.17, 15) is 15.3 Å². The molecule has 0 saturated carbocycles. The number of aliphatic hydroxyl groups is 3. The van der Waals surface area contributed by atoms with Crippen LogP contribution in [0.25, 0.3) is 0 Å². The molecular weight excluding hydrogens is 354 g/mol. The minimum Gasteiger partial charge on any atom is -0.388 e. The van der Waals surface area contributed by atoms with Crippen LogP contribution < -0.4 is 5.73 Å². The third kappa shape index (κ3) is 7.52. The van der Waals surface area contributed by atoms with Gasteiger partial charge in [0.25, 0.3) is 6.48 Å². The predicted molar refractivity (Wildman–Crippen MR) is 100 cm³/mol. The summed E-state index contributed by atoms with van der Waals surface area (Å²) in [5.41, 5.74) is 5.92. The summed E-state index contributed by atoms with van der Waals surface area (Å²) in [4.78, 5) is 5.80. The van der Waals surface area contributed by atoms with E-state index in [2.05, 4.69) is 11.9 Å². The monoisotopic (exact) mass is 389 g/mol. The molecule has 5 atom stereocenters. The zero-order valence-corrected chi connectivity index (χ0v) is 16.2. The highest BCUT2D eigenvalue weighted by Gasteiger charge is 2.34. The summed E-state index contributed by atoms with van der Waals surface area (Å²) in [6, 6.07) is 0. The van der Waals surface area contributed by atoms with Gasteiger partial charge in [-0.15, -0.1) is 0 Å². The molecule has 0 radical (unpaired) electrons. The Labute approximate surface area is 161 Å². The first-order valence-corrected chi connectivity index (χ1v) is 9.99. The van der Waals surface area contributed by atoms with Crippen LogP contribution in [-0.2, 0) is 14.2 Å². The number of piperidine rings is 1. The number of aliphatic imine (C=N–C) groups is 1. The summed E-state index contributed by atoms with van der Waals surface area (Å²) in [7, 11) is 0. The topological polar surface area (TPSA) is 130 Å². The lowest BCUT2D eigenvalue weighted by atomic mass is 10.0. The first-order chi connectivity index (χ1) is 13.0. The van der Waals surface area contributed by atoms with E-state index in [4.69, 9.17) is 19.9 Å². The number of unbranched alkanes of at least 4 members (excludes halogenated alkanes) is 5. The smallest absolute Gasteiger partial charge is 0.272 e. The number of ether oxygens (including phenoxy) is 3. The van der Waals surface area contributed by atoms with Crippen molar-refractivity contribution < 1.29 is 29.5 Å². The van der Waals surface area contributed by atoms with Crippen molar-refractivity contribution in [1.82, 2.24) is 4.90 Å². The average molecular weight is 389 g/mol. The van der Waals surface area contributed by atoms with Gasteiger partial charge in [0.2, 0.25) is 0 Å². The SMILES string of the molecule is CCCCCCCCOC1OCC(CN=C(N)N2C[C@@H](O)C(O)[C@@H](O)C2)O1. The summed E-state index contributed by atoms with van der Waals surface area (Å²) in [5, 5.41) is 29.0. The zero-order chi connectivity index (χ0) is 19.6. The van der Waals surface area contributed by atoms with Crippen LogP contribution in [0.2, 0.25) is 0 Å². The Morgan fingerprint density at radius 2 is 1.78 bits per heavy atom. The van der Waals surface area contributed by atoms with Gasteiger partial charge in [0, 0.05) is 13.1 Å². The molecule has 0 aliphatic carbocycles. The van der Waals surface area contributed by atoms with Crippen LogP contribution in [0, 0.1) is 0 Å². The molecule has 9 nitrogen and oxygen atoms in total. The third-order valence-electron chi connectivity index (χ3n) is 4.86. The first kappa shape index (κ1) is 22.3. The molecule has 0 spiro atoms. The molecule has 27 heavy (non-hydrogen) atoms. The van der Waals surface area contributed by atoms with Gasteiger partial charge < -0.3 is 40.2 Å². The van der Waals surface area contributed by atoms with Crippen LogP contribution in [0.3, 0.4) is 0 Å². The van der Waals surface area contributed by atoms with E-state index in [1.54, 1.807) is 4.90 Å². The molecule has 2 aliphatic rings. The molecule has 5 N–H and O–H groups in total. The van der Waals surface area contributed by atoms with Gasteiger partial charge in [-0.2, -0.15) is 0 Å². The van der Waals surface area contributed by atoms with Crippen LogP contribution in [0.5, 0.6) is 0 Å². The van der Waals surface area contributed by atoms with Crippen molar-refractivity contribution in [3.05, 3.63) is 0 Å². The Kier molecular flexibility index (Phi) is 9.74. The summed E-state index contributed by atoms with van der Waals surface area (Å²) in [6.45, 7) is 3.08. The average Bonchev–Trinajstić information content (AvgIpc) is 3.10. The van der Waals surface area contributed by atoms with Crippen LogP contribution in [0.4, 0.5) is 0 Å². The molecule has 2 heterocycles. The molecule has 2 saturated heterocycles. The second-order valence-electron chi connectivity index (χ2n) is 7.25. The maximum Gasteiger partial charge on any atom is 0.272 e. The molecule has 0 amide bonds. The molecule has 0 bridgehead atoms. The number of hydrogen-bond donors (Lipinski definition) is 4. The summed E-state index contributed by atoms with van der Waals surface area (Å²) < 4.78 is 16.7. The van der Waals surface area contributed by atoms with Crippen molar-refractivity contribution >= 4 is 5.96 Å². The van der Waals surface area contributed by atoms with E-state index in [0.29, 0.717) is 19.8 Å². The number of rotatable bonds is 10. The van der Waals surface area contributed by atoms with Crippen molar-refractivity contribution in [3.8, 4) is 0 Å². The predicted octanol–water partition coefficient (Wildman–Crippen LogP) is -0.224. The highest BCUT2D eigenvalue weighted by molar-refractivity contribution is 5.78. The van der Waals surface area contributed by atoms with E-state index in [-0.39, 0.29) is 25.2 Å². The van der Waals surface area contributed by atoms with E-state index >= 15 is 0 Å². The first-order valence-electron chi connectivity index (χ1n) is 9.99. The lowest BCUT2D eigenvalue weighted by molar-refractivity contribution is -0.236. The fourth-order valence-corrected chi connectivity index (χ4v) is 3.15. The van der Waals surface area contributed by atoms with Gasteiger partial charge in [0.15, 0.2) is 5.96 Å². The Bertz CT molecular complexity index is 441. The Morgan fingerprint density at radius 3 is 2.48 bits per heavy atom. The lowest BCUT2D eigenvalue weighted by Crippen LogP contribution is -2.58. The van der Waals surface area contributed by atoms with Crippen molar-refractivity contribution in [2.24, 2.45) is 10.7 Å². The minimum absolute atomic E-state index is 0.125. The maximum absolute atomic E-state index is 9.72. The molecule has 0 aromatic heterocycles. The van der Waals surface area contributed by atoms with Gasteiger partial charge >= 0.3 is 0 Å². The largest absolute Gasteiger partial charge is 0.388 e. The van der Waals surface area contributed by atoms with Crippen LogP contribution >= 0.6 is 0 Å². The Balaban J connectivity index is 1.61. The number of aliphatic hydroxyl groups excluding tert-OH is 3. The molecule has 9 heteroatoms. The number of nitrogens with two attached hydrogens (primary N) is 1. The van der Waals surface area contributed by atoms with Gasteiger partial charge in [0.05, 0.1) is 19.8 Å². The number of guanidine groups is 1. The van der Waals surface area contributed by atoms with Crippen molar-refractivity contribution in [2.75, 3.05) is 32.8 Å². The van der Waals surface area contributed by atoms with Crippen LogP contribution in [0.15, 0.2) is 4.99 Å². The number of β-amino-alcohol motifs (C(OH)–C–C–N with tert-alkyl or cyclic N) is 2. The van der Waals surface area contributed by atoms with E-state index in [0.717, 1.165) is 12.8 Å². The summed E-state index contributed by atoms with van der Waals surface area (Å²) in [6.07, 6.45) is 3.66. The normalized spacial score (nSPS) is 32.2. The summed E-state index contributed by atoms with van der Waals surface area (Å²) in [5.74, 6) is 0.194.